The largest absolute Gasteiger partial charge is 0.438 e. The number of nitrogens with zero attached hydrogens (tertiary/aromatic N) is 2. The van der Waals surface area contributed by atoms with Crippen molar-refractivity contribution in [3.8, 4) is 11.6 Å². The molecule has 1 aliphatic rings. The van der Waals surface area contributed by atoms with E-state index in [1.165, 1.54) is 0 Å². The number of alkyl halides is 3. The third kappa shape index (κ3) is 3.42. The Morgan fingerprint density at radius 3 is 2.36 bits per heavy atom. The number of halogens is 4. The molecule has 0 aliphatic carbocycles. The van der Waals surface area contributed by atoms with Crippen LogP contribution in [0.4, 0.5) is 18.9 Å². The monoisotopic (exact) mass is 370 g/mol. The highest BCUT2D eigenvalue weighted by Crippen LogP contribution is 2.37. The lowest BCUT2D eigenvalue weighted by atomic mass is 9.83. The number of pyridine rings is 1. The number of carbonyl (C=O) groups is 1. The van der Waals surface area contributed by atoms with Gasteiger partial charge in [0.25, 0.3) is 0 Å². The van der Waals surface area contributed by atoms with Gasteiger partial charge in [0.05, 0.1) is 11.0 Å². The van der Waals surface area contributed by atoms with Crippen LogP contribution in [0, 0.1) is 5.41 Å². The smallest absolute Gasteiger partial charge is 0.417 e. The molecule has 1 fully saturated rings. The molecular formula is C17H14ClF3N2O2. The highest BCUT2D eigenvalue weighted by Gasteiger charge is 2.44. The second kappa shape index (κ2) is 5.91. The zero-order valence-electron chi connectivity index (χ0n) is 13.4. The van der Waals surface area contributed by atoms with Crippen LogP contribution < -0.4 is 9.64 Å². The van der Waals surface area contributed by atoms with Crippen molar-refractivity contribution in [3.05, 3.63) is 47.1 Å². The number of β-lactam (4-membered cyclic amide) rings is 1. The molecule has 0 spiro atoms. The average molecular weight is 371 g/mol. The highest BCUT2D eigenvalue weighted by atomic mass is 35.5. The molecule has 25 heavy (non-hydrogen) atoms. The Hall–Kier alpha value is -2.28. The molecule has 0 saturated carbocycles. The molecule has 2 aromatic rings. The van der Waals surface area contributed by atoms with Gasteiger partial charge in [0.15, 0.2) is 0 Å². The Bertz CT molecular complexity index is 820. The molecule has 1 saturated heterocycles. The summed E-state index contributed by atoms with van der Waals surface area (Å²) in [4.78, 5) is 17.3. The van der Waals surface area contributed by atoms with Crippen LogP contribution in [0.2, 0.25) is 5.02 Å². The van der Waals surface area contributed by atoms with Crippen LogP contribution in [0.25, 0.3) is 0 Å². The summed E-state index contributed by atoms with van der Waals surface area (Å²) < 4.78 is 43.2. The predicted molar refractivity (Wildman–Crippen MR) is 86.9 cm³/mol. The second-order valence-corrected chi connectivity index (χ2v) is 6.79. The first-order valence-corrected chi connectivity index (χ1v) is 7.78. The van der Waals surface area contributed by atoms with E-state index < -0.39 is 11.7 Å². The van der Waals surface area contributed by atoms with Crippen LogP contribution in [0.1, 0.15) is 19.4 Å². The highest BCUT2D eigenvalue weighted by molar-refractivity contribution is 6.31. The summed E-state index contributed by atoms with van der Waals surface area (Å²) in [5, 5.41) is -0.237. The molecule has 0 N–H and O–H groups in total. The van der Waals surface area contributed by atoms with Gasteiger partial charge in [0.1, 0.15) is 10.8 Å². The van der Waals surface area contributed by atoms with Crippen molar-refractivity contribution in [1.82, 2.24) is 4.98 Å². The number of hydrogen-bond donors (Lipinski definition) is 0. The fourth-order valence-corrected chi connectivity index (χ4v) is 2.68. The Balaban J connectivity index is 1.73. The van der Waals surface area contributed by atoms with Crippen LogP contribution in [0.15, 0.2) is 36.5 Å². The van der Waals surface area contributed by atoms with Crippen LogP contribution >= 0.6 is 11.6 Å². The zero-order chi connectivity index (χ0) is 18.4. The van der Waals surface area contributed by atoms with Gasteiger partial charge < -0.3 is 9.64 Å². The molecule has 132 valence electrons. The minimum absolute atomic E-state index is 0.0358. The van der Waals surface area contributed by atoms with Gasteiger partial charge in [-0.1, -0.05) is 11.6 Å². The van der Waals surface area contributed by atoms with Gasteiger partial charge in [-0.15, -0.1) is 0 Å². The minimum Gasteiger partial charge on any atom is -0.438 e. The summed E-state index contributed by atoms with van der Waals surface area (Å²) in [7, 11) is 0. The van der Waals surface area contributed by atoms with Gasteiger partial charge in [-0.2, -0.15) is 13.2 Å². The van der Waals surface area contributed by atoms with Crippen LogP contribution in [-0.2, 0) is 11.0 Å². The maximum atomic E-state index is 12.6. The number of amides is 1. The molecule has 3 rings (SSSR count). The number of rotatable bonds is 3. The molecule has 1 amide bonds. The van der Waals surface area contributed by atoms with E-state index >= 15 is 0 Å². The molecule has 1 aliphatic heterocycles. The maximum Gasteiger partial charge on any atom is 0.417 e. The van der Waals surface area contributed by atoms with E-state index in [4.69, 9.17) is 16.3 Å². The number of aromatic nitrogens is 1. The van der Waals surface area contributed by atoms with Gasteiger partial charge in [0, 0.05) is 18.4 Å². The molecule has 0 unspecified atom stereocenters. The summed E-state index contributed by atoms with van der Waals surface area (Å²) >= 11 is 5.81. The van der Waals surface area contributed by atoms with Crippen molar-refractivity contribution in [2.24, 2.45) is 5.41 Å². The third-order valence-electron chi connectivity index (χ3n) is 3.88. The molecule has 0 bridgehead atoms. The first-order valence-electron chi connectivity index (χ1n) is 7.40. The molecule has 1 aromatic heterocycles. The van der Waals surface area contributed by atoms with Crippen molar-refractivity contribution < 1.29 is 22.7 Å². The fourth-order valence-electron chi connectivity index (χ4n) is 2.48. The standard InChI is InChI=1S/C17H14ClF3N2O2/c1-16(2)9-23(15(16)24)11-3-5-12(6-4-11)25-14-13(18)7-10(8-22-14)17(19,20)21/h3-8H,9H2,1-2H3. The number of carbonyl (C=O) groups excluding carboxylic acids is 1. The van der Waals surface area contributed by atoms with Gasteiger partial charge in [0.2, 0.25) is 11.8 Å². The SMILES string of the molecule is CC1(C)CN(c2ccc(Oc3ncc(C(F)(F)F)cc3Cl)cc2)C1=O. The van der Waals surface area contributed by atoms with E-state index in [-0.39, 0.29) is 22.2 Å². The van der Waals surface area contributed by atoms with Gasteiger partial charge >= 0.3 is 6.18 Å². The lowest BCUT2D eigenvalue weighted by molar-refractivity contribution is -0.137. The summed E-state index contributed by atoms with van der Waals surface area (Å²) in [5.41, 5.74) is -0.574. The number of ether oxygens (including phenoxy) is 1. The summed E-state index contributed by atoms with van der Waals surface area (Å²) in [6.45, 7) is 4.38. The number of benzene rings is 1. The van der Waals surface area contributed by atoms with E-state index in [9.17, 15) is 18.0 Å². The number of hydrogen-bond acceptors (Lipinski definition) is 3. The lowest BCUT2D eigenvalue weighted by Gasteiger charge is -2.44. The van der Waals surface area contributed by atoms with Gasteiger partial charge in [-0.25, -0.2) is 4.98 Å². The normalized spacial score (nSPS) is 16.6. The molecule has 2 heterocycles. The summed E-state index contributed by atoms with van der Waals surface area (Å²) in [5.74, 6) is 0.266. The lowest BCUT2D eigenvalue weighted by Crippen LogP contribution is -2.58. The predicted octanol–water partition coefficient (Wildman–Crippen LogP) is 4.92. The molecule has 4 nitrogen and oxygen atoms in total. The maximum absolute atomic E-state index is 12.6. The topological polar surface area (TPSA) is 42.4 Å². The Morgan fingerprint density at radius 2 is 1.88 bits per heavy atom. The Kier molecular flexibility index (Phi) is 4.15. The molecular weight excluding hydrogens is 357 g/mol. The van der Waals surface area contributed by atoms with Crippen molar-refractivity contribution in [2.75, 3.05) is 11.4 Å². The first-order chi connectivity index (χ1) is 11.6. The average Bonchev–Trinajstić information content (AvgIpc) is 2.54. The van der Waals surface area contributed by atoms with Crippen molar-refractivity contribution in [2.45, 2.75) is 20.0 Å². The Morgan fingerprint density at radius 1 is 1.24 bits per heavy atom. The molecule has 0 radical (unpaired) electrons. The first kappa shape index (κ1) is 17.5. The van der Waals surface area contributed by atoms with E-state index in [1.807, 2.05) is 13.8 Å². The fraction of sp³-hybridized carbons (Fsp3) is 0.294. The van der Waals surface area contributed by atoms with E-state index in [2.05, 4.69) is 4.98 Å². The van der Waals surface area contributed by atoms with Crippen molar-refractivity contribution in [1.29, 1.82) is 0 Å². The quantitative estimate of drug-likeness (QED) is 0.720. The van der Waals surface area contributed by atoms with E-state index in [0.29, 0.717) is 18.5 Å². The van der Waals surface area contributed by atoms with Gasteiger partial charge in [-0.3, -0.25) is 4.79 Å². The van der Waals surface area contributed by atoms with E-state index in [0.717, 1.165) is 11.8 Å². The van der Waals surface area contributed by atoms with Crippen molar-refractivity contribution in [3.63, 3.8) is 0 Å². The summed E-state index contributed by atoms with van der Waals surface area (Å²) in [6.07, 6.45) is -3.86. The van der Waals surface area contributed by atoms with Crippen LogP contribution in [0.3, 0.4) is 0 Å². The third-order valence-corrected chi connectivity index (χ3v) is 4.15. The van der Waals surface area contributed by atoms with Crippen LogP contribution in [-0.4, -0.2) is 17.4 Å². The molecule has 8 heteroatoms. The Labute approximate surface area is 147 Å². The van der Waals surface area contributed by atoms with Crippen LogP contribution in [0.5, 0.6) is 11.6 Å². The molecule has 1 aromatic carbocycles. The summed E-state index contributed by atoms with van der Waals surface area (Å²) in [6, 6.07) is 7.35. The molecule has 0 atom stereocenters. The van der Waals surface area contributed by atoms with Gasteiger partial charge in [-0.05, 0) is 44.2 Å². The van der Waals surface area contributed by atoms with Crippen molar-refractivity contribution >= 4 is 23.2 Å². The number of anilines is 1. The minimum atomic E-state index is -4.52. The zero-order valence-corrected chi connectivity index (χ0v) is 14.1. The second-order valence-electron chi connectivity index (χ2n) is 6.38. The van der Waals surface area contributed by atoms with E-state index in [1.54, 1.807) is 29.2 Å².